The molecule has 0 saturated heterocycles. The van der Waals surface area contributed by atoms with Gasteiger partial charge < -0.3 is 4.98 Å². The first-order valence-electron chi connectivity index (χ1n) is 5.63. The van der Waals surface area contributed by atoms with E-state index in [9.17, 15) is 4.79 Å². The van der Waals surface area contributed by atoms with Crippen LogP contribution >= 0.6 is 0 Å². The van der Waals surface area contributed by atoms with Gasteiger partial charge in [0.05, 0.1) is 17.6 Å². The molecule has 0 spiro atoms. The smallest absolute Gasteiger partial charge is 0.248 e. The molecular formula is C14H11N3O. The highest BCUT2D eigenvalue weighted by molar-refractivity contribution is 5.61. The lowest BCUT2D eigenvalue weighted by molar-refractivity contribution is 0.887. The molecule has 0 aliphatic heterocycles. The molecule has 1 N–H and O–H groups in total. The number of aromatic amines is 1. The van der Waals surface area contributed by atoms with E-state index in [1.165, 1.54) is 0 Å². The van der Waals surface area contributed by atoms with E-state index < -0.39 is 0 Å². The number of aromatic nitrogens is 3. The molecule has 3 rings (SSSR count). The molecule has 0 saturated carbocycles. The molecule has 4 heteroatoms. The Bertz CT molecular complexity index is 713. The number of hydrogen-bond donors (Lipinski definition) is 1. The Morgan fingerprint density at radius 3 is 2.67 bits per heavy atom. The van der Waals surface area contributed by atoms with Gasteiger partial charge in [0, 0.05) is 17.8 Å². The fourth-order valence-corrected chi connectivity index (χ4v) is 1.90. The summed E-state index contributed by atoms with van der Waals surface area (Å²) in [5, 5.41) is 4.30. The fourth-order valence-electron chi connectivity index (χ4n) is 1.90. The molecule has 0 fully saturated rings. The number of hydrogen-bond acceptors (Lipinski definition) is 2. The average molecular weight is 237 g/mol. The minimum absolute atomic E-state index is 0.117. The van der Waals surface area contributed by atoms with Gasteiger partial charge in [0.1, 0.15) is 0 Å². The lowest BCUT2D eigenvalue weighted by Crippen LogP contribution is -2.04. The van der Waals surface area contributed by atoms with Crippen LogP contribution in [-0.4, -0.2) is 14.8 Å². The summed E-state index contributed by atoms with van der Waals surface area (Å²) in [5.41, 5.74) is 2.60. The second-order valence-electron chi connectivity index (χ2n) is 3.91. The Morgan fingerprint density at radius 1 is 1.06 bits per heavy atom. The number of nitrogens with zero attached hydrogens (tertiary/aromatic N) is 2. The molecule has 18 heavy (non-hydrogen) atoms. The van der Waals surface area contributed by atoms with Gasteiger partial charge in [-0.3, -0.25) is 4.79 Å². The van der Waals surface area contributed by atoms with Crippen LogP contribution in [0.5, 0.6) is 0 Å². The molecule has 0 amide bonds. The Hall–Kier alpha value is -2.62. The SMILES string of the molecule is O=c1cc(-c2ccnn2-c2ccccc2)cc[nH]1. The standard InChI is InChI=1S/C14H11N3O/c18-14-10-11(6-8-15-14)13-7-9-16-17(13)12-4-2-1-3-5-12/h1-10H,(H,15,18). The van der Waals surface area contributed by atoms with Crippen LogP contribution in [-0.2, 0) is 0 Å². The van der Waals surface area contributed by atoms with Gasteiger partial charge in [-0.15, -0.1) is 0 Å². The first-order chi connectivity index (χ1) is 8.84. The number of nitrogens with one attached hydrogen (secondary N) is 1. The Balaban J connectivity index is 2.16. The molecule has 0 unspecified atom stereocenters. The van der Waals surface area contributed by atoms with Crippen LogP contribution < -0.4 is 5.56 Å². The van der Waals surface area contributed by atoms with Crippen LogP contribution in [0.2, 0.25) is 0 Å². The summed E-state index contributed by atoms with van der Waals surface area (Å²) in [4.78, 5) is 14.0. The van der Waals surface area contributed by atoms with Gasteiger partial charge in [0.25, 0.3) is 0 Å². The van der Waals surface area contributed by atoms with Gasteiger partial charge in [0.15, 0.2) is 0 Å². The summed E-state index contributed by atoms with van der Waals surface area (Å²) < 4.78 is 1.81. The number of benzene rings is 1. The zero-order valence-corrected chi connectivity index (χ0v) is 9.58. The molecule has 2 aromatic heterocycles. The minimum Gasteiger partial charge on any atom is -0.329 e. The van der Waals surface area contributed by atoms with Crippen molar-refractivity contribution in [3.05, 3.63) is 71.3 Å². The molecule has 0 aliphatic rings. The highest BCUT2D eigenvalue weighted by Crippen LogP contribution is 2.20. The van der Waals surface area contributed by atoms with Gasteiger partial charge in [-0.1, -0.05) is 18.2 Å². The molecule has 2 heterocycles. The van der Waals surface area contributed by atoms with Gasteiger partial charge >= 0.3 is 0 Å². The van der Waals surface area contributed by atoms with Crippen LogP contribution in [0.3, 0.4) is 0 Å². The van der Waals surface area contributed by atoms with Crippen LogP contribution in [0.4, 0.5) is 0 Å². The third-order valence-electron chi connectivity index (χ3n) is 2.71. The van der Waals surface area contributed by atoms with Crippen molar-refractivity contribution in [1.82, 2.24) is 14.8 Å². The monoisotopic (exact) mass is 237 g/mol. The third-order valence-corrected chi connectivity index (χ3v) is 2.71. The van der Waals surface area contributed by atoms with Crippen molar-refractivity contribution in [2.24, 2.45) is 0 Å². The maximum atomic E-state index is 11.3. The Morgan fingerprint density at radius 2 is 1.89 bits per heavy atom. The predicted molar refractivity (Wildman–Crippen MR) is 69.6 cm³/mol. The molecule has 0 atom stereocenters. The molecule has 88 valence electrons. The van der Waals surface area contributed by atoms with E-state index in [-0.39, 0.29) is 5.56 Å². The number of rotatable bonds is 2. The average Bonchev–Trinajstić information content (AvgIpc) is 2.89. The second kappa shape index (κ2) is 4.33. The largest absolute Gasteiger partial charge is 0.329 e. The van der Waals surface area contributed by atoms with Crippen LogP contribution in [0.25, 0.3) is 16.9 Å². The Kier molecular flexibility index (Phi) is 2.53. The predicted octanol–water partition coefficient (Wildman–Crippen LogP) is 2.23. The van der Waals surface area contributed by atoms with E-state index in [0.29, 0.717) is 0 Å². The van der Waals surface area contributed by atoms with Crippen LogP contribution in [0, 0.1) is 0 Å². The summed E-state index contributed by atoms with van der Waals surface area (Å²) in [6.45, 7) is 0. The summed E-state index contributed by atoms with van der Waals surface area (Å²) in [7, 11) is 0. The van der Waals surface area contributed by atoms with Gasteiger partial charge in [-0.2, -0.15) is 5.10 Å². The molecule has 0 aliphatic carbocycles. The molecule has 3 aromatic rings. The summed E-state index contributed by atoms with van der Waals surface area (Å²) in [6, 6.07) is 15.1. The maximum absolute atomic E-state index is 11.3. The van der Waals surface area contributed by atoms with Crippen molar-refractivity contribution < 1.29 is 0 Å². The fraction of sp³-hybridized carbons (Fsp3) is 0. The lowest BCUT2D eigenvalue weighted by atomic mass is 10.2. The van der Waals surface area contributed by atoms with Crippen molar-refractivity contribution in [2.45, 2.75) is 0 Å². The van der Waals surface area contributed by atoms with E-state index in [4.69, 9.17) is 0 Å². The first-order valence-corrected chi connectivity index (χ1v) is 5.63. The molecular weight excluding hydrogens is 226 g/mol. The van der Waals surface area contributed by atoms with Crippen molar-refractivity contribution >= 4 is 0 Å². The third kappa shape index (κ3) is 1.84. The second-order valence-corrected chi connectivity index (χ2v) is 3.91. The minimum atomic E-state index is -0.117. The van der Waals surface area contributed by atoms with Crippen LogP contribution in [0.1, 0.15) is 0 Å². The number of pyridine rings is 1. The maximum Gasteiger partial charge on any atom is 0.248 e. The van der Waals surface area contributed by atoms with E-state index in [1.807, 2.05) is 47.1 Å². The van der Waals surface area contributed by atoms with Gasteiger partial charge in [-0.05, 0) is 24.3 Å². The van der Waals surface area contributed by atoms with Gasteiger partial charge in [0.2, 0.25) is 5.56 Å². The van der Waals surface area contributed by atoms with Crippen molar-refractivity contribution in [1.29, 1.82) is 0 Å². The first kappa shape index (κ1) is 10.5. The van der Waals surface area contributed by atoms with Crippen molar-refractivity contribution in [3.8, 4) is 16.9 Å². The van der Waals surface area contributed by atoms with Crippen LogP contribution in [0.15, 0.2) is 65.7 Å². The quantitative estimate of drug-likeness (QED) is 0.743. The number of para-hydroxylation sites is 1. The molecule has 0 bridgehead atoms. The summed E-state index contributed by atoms with van der Waals surface area (Å²) >= 11 is 0. The van der Waals surface area contributed by atoms with E-state index in [0.717, 1.165) is 16.9 Å². The normalized spacial score (nSPS) is 10.4. The lowest BCUT2D eigenvalue weighted by Gasteiger charge is -2.06. The molecule has 4 nitrogen and oxygen atoms in total. The molecule has 1 aromatic carbocycles. The van der Waals surface area contributed by atoms with Crippen molar-refractivity contribution in [3.63, 3.8) is 0 Å². The summed E-state index contributed by atoms with van der Waals surface area (Å²) in [6.07, 6.45) is 3.36. The summed E-state index contributed by atoms with van der Waals surface area (Å²) in [5.74, 6) is 0. The zero-order valence-electron chi connectivity index (χ0n) is 9.58. The molecule has 0 radical (unpaired) electrons. The highest BCUT2D eigenvalue weighted by atomic mass is 16.1. The number of H-pyrrole nitrogens is 1. The van der Waals surface area contributed by atoms with Crippen molar-refractivity contribution in [2.75, 3.05) is 0 Å². The topological polar surface area (TPSA) is 50.7 Å². The van der Waals surface area contributed by atoms with E-state index in [2.05, 4.69) is 10.1 Å². The Labute approximate surface area is 104 Å². The van der Waals surface area contributed by atoms with E-state index >= 15 is 0 Å². The van der Waals surface area contributed by atoms with Gasteiger partial charge in [-0.25, -0.2) is 4.68 Å². The van der Waals surface area contributed by atoms with E-state index in [1.54, 1.807) is 18.5 Å². The highest BCUT2D eigenvalue weighted by Gasteiger charge is 2.07. The zero-order chi connectivity index (χ0) is 12.4.